The summed E-state index contributed by atoms with van der Waals surface area (Å²) in [4.78, 5) is 27.0. The van der Waals surface area contributed by atoms with Gasteiger partial charge >= 0.3 is 0 Å². The molecule has 2 amide bonds. The lowest BCUT2D eigenvalue weighted by Crippen LogP contribution is -2.27. The minimum absolute atomic E-state index is 0.301. The molecule has 4 nitrogen and oxygen atoms in total. The fourth-order valence-corrected chi connectivity index (χ4v) is 5.22. The summed E-state index contributed by atoms with van der Waals surface area (Å²) in [5.74, 6) is 0.322. The van der Waals surface area contributed by atoms with Gasteiger partial charge in [-0.1, -0.05) is 53.5 Å². The maximum Gasteiger partial charge on any atom is 0.298 e. The number of benzene rings is 3. The second kappa shape index (κ2) is 10.8. The topological polar surface area (TPSA) is 46.6 Å². The number of rotatable bonds is 7. The first-order valence-electron chi connectivity index (χ1n) is 10.2. The lowest BCUT2D eigenvalue weighted by Gasteiger charge is -2.14. The first-order valence-corrected chi connectivity index (χ1v) is 12.6. The molecule has 0 aromatic heterocycles. The highest BCUT2D eigenvalue weighted by atomic mass is 79.9. The average Bonchev–Trinajstić information content (AvgIpc) is 3.09. The van der Waals surface area contributed by atoms with Crippen LogP contribution in [0.15, 0.2) is 82.7 Å². The molecule has 0 bridgehead atoms. The molecule has 3 aromatic rings. The highest BCUT2D eigenvalue weighted by Crippen LogP contribution is 2.38. The molecule has 0 spiro atoms. The number of allylic oxidation sites excluding steroid dienone is 1. The zero-order valence-electron chi connectivity index (χ0n) is 17.8. The SMILES string of the molecule is C=CCc1cc(/C=C2\SC(=O)N(c3ccccc3)C2=O)cc(Br)c1OCc1ccc(Cl)c(Cl)c1. The van der Waals surface area contributed by atoms with Gasteiger partial charge in [0.05, 0.1) is 25.1 Å². The van der Waals surface area contributed by atoms with Crippen LogP contribution in [0.5, 0.6) is 5.75 Å². The Kier molecular flexibility index (Phi) is 7.84. The Morgan fingerprint density at radius 3 is 2.50 bits per heavy atom. The third-order valence-corrected chi connectivity index (χ3v) is 7.18. The molecule has 1 aliphatic heterocycles. The van der Waals surface area contributed by atoms with Gasteiger partial charge in [-0.15, -0.1) is 6.58 Å². The van der Waals surface area contributed by atoms with Gasteiger partial charge in [-0.3, -0.25) is 9.59 Å². The van der Waals surface area contributed by atoms with Crippen molar-refractivity contribution >= 4 is 73.8 Å². The van der Waals surface area contributed by atoms with E-state index in [1.807, 2.05) is 24.3 Å². The third-order valence-electron chi connectivity index (χ3n) is 4.98. The van der Waals surface area contributed by atoms with E-state index in [9.17, 15) is 9.59 Å². The van der Waals surface area contributed by atoms with Crippen LogP contribution in [0.1, 0.15) is 16.7 Å². The predicted octanol–water partition coefficient (Wildman–Crippen LogP) is 8.30. The Morgan fingerprint density at radius 1 is 1.03 bits per heavy atom. The Balaban J connectivity index is 1.60. The van der Waals surface area contributed by atoms with E-state index in [1.165, 1.54) is 4.90 Å². The maximum atomic E-state index is 12.9. The van der Waals surface area contributed by atoms with E-state index in [4.69, 9.17) is 27.9 Å². The van der Waals surface area contributed by atoms with Crippen LogP contribution in [0.25, 0.3) is 6.08 Å². The van der Waals surface area contributed by atoms with Gasteiger partial charge in [0.25, 0.3) is 11.1 Å². The summed E-state index contributed by atoms with van der Waals surface area (Å²) >= 11 is 16.6. The fourth-order valence-electron chi connectivity index (χ4n) is 3.43. The normalized spacial score (nSPS) is 14.7. The lowest BCUT2D eigenvalue weighted by atomic mass is 10.1. The number of nitrogens with zero attached hydrogens (tertiary/aromatic N) is 1. The van der Waals surface area contributed by atoms with Crippen LogP contribution in [-0.4, -0.2) is 11.1 Å². The molecule has 34 heavy (non-hydrogen) atoms. The van der Waals surface area contributed by atoms with Crippen LogP contribution < -0.4 is 9.64 Å². The molecule has 0 N–H and O–H groups in total. The third kappa shape index (κ3) is 5.41. The molecule has 1 aliphatic rings. The number of carbonyl (C=O) groups excluding carboxylic acids is 2. The molecular formula is C26H18BrCl2NO3S. The Morgan fingerprint density at radius 2 is 1.79 bits per heavy atom. The van der Waals surface area contributed by atoms with Crippen LogP contribution in [0.2, 0.25) is 10.0 Å². The number of thioether (sulfide) groups is 1. The highest BCUT2D eigenvalue weighted by molar-refractivity contribution is 9.10. The number of para-hydroxylation sites is 1. The molecule has 3 aromatic carbocycles. The van der Waals surface area contributed by atoms with Gasteiger partial charge in [0.2, 0.25) is 0 Å². The molecule has 172 valence electrons. The highest BCUT2D eigenvalue weighted by Gasteiger charge is 2.36. The van der Waals surface area contributed by atoms with E-state index in [2.05, 4.69) is 22.5 Å². The number of anilines is 1. The van der Waals surface area contributed by atoms with Crippen molar-refractivity contribution in [2.24, 2.45) is 0 Å². The van der Waals surface area contributed by atoms with E-state index in [0.29, 0.717) is 39.4 Å². The van der Waals surface area contributed by atoms with Crippen molar-refractivity contribution in [3.63, 3.8) is 0 Å². The predicted molar refractivity (Wildman–Crippen MR) is 144 cm³/mol. The summed E-state index contributed by atoms with van der Waals surface area (Å²) in [7, 11) is 0. The van der Waals surface area contributed by atoms with Crippen molar-refractivity contribution in [1.29, 1.82) is 0 Å². The van der Waals surface area contributed by atoms with Gasteiger partial charge in [-0.25, -0.2) is 4.90 Å². The minimum atomic E-state index is -0.345. The second-order valence-electron chi connectivity index (χ2n) is 7.37. The maximum absolute atomic E-state index is 12.9. The van der Waals surface area contributed by atoms with Gasteiger partial charge in [-0.05, 0) is 93.3 Å². The largest absolute Gasteiger partial charge is 0.487 e. The summed E-state index contributed by atoms with van der Waals surface area (Å²) in [5, 5.41) is 0.627. The smallest absolute Gasteiger partial charge is 0.298 e. The number of carbonyl (C=O) groups is 2. The lowest BCUT2D eigenvalue weighted by molar-refractivity contribution is -0.113. The summed E-state index contributed by atoms with van der Waals surface area (Å²) in [5.41, 5.74) is 3.08. The molecule has 1 saturated heterocycles. The molecule has 4 rings (SSSR count). The summed E-state index contributed by atoms with van der Waals surface area (Å²) in [6.45, 7) is 4.14. The fraction of sp³-hybridized carbons (Fsp3) is 0.0769. The monoisotopic (exact) mass is 573 g/mol. The zero-order chi connectivity index (χ0) is 24.2. The molecular weight excluding hydrogens is 557 g/mol. The van der Waals surface area contributed by atoms with Crippen molar-refractivity contribution in [3.05, 3.63) is 109 Å². The van der Waals surface area contributed by atoms with Crippen LogP contribution in [0.4, 0.5) is 10.5 Å². The number of amides is 2. The summed E-state index contributed by atoms with van der Waals surface area (Å²) < 4.78 is 6.81. The minimum Gasteiger partial charge on any atom is -0.487 e. The van der Waals surface area contributed by atoms with Crippen LogP contribution in [0.3, 0.4) is 0 Å². The quantitative estimate of drug-likeness (QED) is 0.210. The van der Waals surface area contributed by atoms with Gasteiger partial charge in [0, 0.05) is 0 Å². The first kappa shape index (κ1) is 24.6. The molecule has 0 unspecified atom stereocenters. The van der Waals surface area contributed by atoms with Gasteiger partial charge in [0.1, 0.15) is 12.4 Å². The van der Waals surface area contributed by atoms with E-state index in [1.54, 1.807) is 48.6 Å². The van der Waals surface area contributed by atoms with Crippen LogP contribution >= 0.6 is 50.9 Å². The van der Waals surface area contributed by atoms with Crippen LogP contribution in [0, 0.1) is 0 Å². The molecule has 8 heteroatoms. The zero-order valence-corrected chi connectivity index (χ0v) is 21.7. The number of hydrogen-bond acceptors (Lipinski definition) is 4. The van der Waals surface area contributed by atoms with Crippen molar-refractivity contribution in [3.8, 4) is 5.75 Å². The van der Waals surface area contributed by atoms with Crippen molar-refractivity contribution < 1.29 is 14.3 Å². The van der Waals surface area contributed by atoms with E-state index >= 15 is 0 Å². The summed E-state index contributed by atoms with van der Waals surface area (Å²) in [6.07, 6.45) is 4.05. The molecule has 0 radical (unpaired) electrons. The Bertz CT molecular complexity index is 1310. The van der Waals surface area contributed by atoms with E-state index < -0.39 is 0 Å². The molecule has 0 atom stereocenters. The van der Waals surface area contributed by atoms with Crippen LogP contribution in [-0.2, 0) is 17.8 Å². The molecule has 0 saturated carbocycles. The van der Waals surface area contributed by atoms with Crippen molar-refractivity contribution in [2.45, 2.75) is 13.0 Å². The standard InChI is InChI=1S/C26H18BrCl2NO3S/c1-2-6-18-11-17(12-20(27)24(18)33-15-16-9-10-21(28)22(29)13-16)14-23-25(31)30(26(32)34-23)19-7-4-3-5-8-19/h2-5,7-14H,1,6,15H2/b23-14-. The summed E-state index contributed by atoms with van der Waals surface area (Å²) in [6, 6.07) is 18.0. The Hall–Kier alpha value is -2.51. The van der Waals surface area contributed by atoms with Crippen molar-refractivity contribution in [2.75, 3.05) is 4.90 Å². The van der Waals surface area contributed by atoms with E-state index in [-0.39, 0.29) is 11.1 Å². The second-order valence-corrected chi connectivity index (χ2v) is 10.0. The van der Waals surface area contributed by atoms with Gasteiger partial charge in [-0.2, -0.15) is 0 Å². The molecule has 0 aliphatic carbocycles. The molecule has 1 heterocycles. The number of hydrogen-bond donors (Lipinski definition) is 0. The molecule has 1 fully saturated rings. The number of halogens is 3. The average molecular weight is 575 g/mol. The number of imide groups is 1. The van der Waals surface area contributed by atoms with Crippen molar-refractivity contribution in [1.82, 2.24) is 0 Å². The number of ether oxygens (including phenoxy) is 1. The van der Waals surface area contributed by atoms with Gasteiger partial charge < -0.3 is 4.74 Å². The Labute approximate surface area is 220 Å². The first-order chi connectivity index (χ1) is 16.4. The van der Waals surface area contributed by atoms with Gasteiger partial charge in [0.15, 0.2) is 0 Å². The van der Waals surface area contributed by atoms with E-state index in [0.717, 1.165) is 32.9 Å².